The highest BCUT2D eigenvalue weighted by atomic mass is 16.6. The topological polar surface area (TPSA) is 135 Å². The number of H-pyrrole nitrogens is 1. The van der Waals surface area contributed by atoms with Gasteiger partial charge in [0.1, 0.15) is 23.3 Å². The van der Waals surface area contributed by atoms with Crippen LogP contribution in [-0.2, 0) is 27.4 Å². The van der Waals surface area contributed by atoms with E-state index in [2.05, 4.69) is 15.2 Å². The van der Waals surface area contributed by atoms with Crippen molar-refractivity contribution in [2.75, 3.05) is 49.6 Å². The van der Waals surface area contributed by atoms with Crippen molar-refractivity contribution in [3.63, 3.8) is 0 Å². The molecule has 6 rings (SSSR count). The van der Waals surface area contributed by atoms with Gasteiger partial charge in [0, 0.05) is 41.9 Å². The van der Waals surface area contributed by atoms with Gasteiger partial charge in [-0.3, -0.25) is 9.59 Å². The molecule has 0 bridgehead atoms. The minimum Gasteiger partial charge on any atom is -0.484 e. The Morgan fingerprint density at radius 2 is 1.83 bits per heavy atom. The lowest BCUT2D eigenvalue weighted by molar-refractivity contribution is -0.0218. The fraction of sp³-hybridized carbons (Fsp3) is 0.467. The largest absolute Gasteiger partial charge is 0.484 e. The molecule has 2 aromatic heterocycles. The number of carbonyl (C=O) groups is 2. The van der Waals surface area contributed by atoms with Crippen molar-refractivity contribution in [1.82, 2.24) is 14.9 Å². The fourth-order valence-corrected chi connectivity index (χ4v) is 5.29. The standard InChI is InChI=1S/C30H35N5O7/c1-17-9-25(36)33-26-21(17)11-19(12-24(26)41-20-13-35(14-20)29(38)42-30(2,3)4)31-28(37)22-10-18-15-40-16-23(18)32-27(22)34-5-7-39-8-6-34/h9-12,20H,5-8,13-16H2,1-4H3,(H,31,37)(H,33,36). The lowest BCUT2D eigenvalue weighted by atomic mass is 10.1. The van der Waals surface area contributed by atoms with Crippen molar-refractivity contribution in [1.29, 1.82) is 0 Å². The van der Waals surface area contributed by atoms with Crippen LogP contribution in [-0.4, -0.2) is 78.0 Å². The molecule has 12 nitrogen and oxygen atoms in total. The number of amides is 2. The molecule has 42 heavy (non-hydrogen) atoms. The van der Waals surface area contributed by atoms with Gasteiger partial charge in [-0.25, -0.2) is 9.78 Å². The Morgan fingerprint density at radius 3 is 2.57 bits per heavy atom. The summed E-state index contributed by atoms with van der Waals surface area (Å²) >= 11 is 0. The van der Waals surface area contributed by atoms with Crippen molar-refractivity contribution in [3.8, 4) is 5.75 Å². The van der Waals surface area contributed by atoms with Crippen LogP contribution in [0.25, 0.3) is 10.9 Å². The SMILES string of the molecule is Cc1cc(=O)[nH]c2c(OC3CN(C(=O)OC(C)(C)C)C3)cc(NC(=O)c3cc4c(nc3N3CCOCC3)COC4)cc12. The minimum atomic E-state index is -0.591. The number of aromatic amines is 1. The van der Waals surface area contributed by atoms with Gasteiger partial charge in [-0.15, -0.1) is 0 Å². The van der Waals surface area contributed by atoms with Crippen molar-refractivity contribution < 1.29 is 28.5 Å². The van der Waals surface area contributed by atoms with Crippen LogP contribution in [0.15, 0.2) is 29.1 Å². The molecule has 0 spiro atoms. The van der Waals surface area contributed by atoms with E-state index in [-0.39, 0.29) is 17.6 Å². The molecule has 0 atom stereocenters. The fourth-order valence-electron chi connectivity index (χ4n) is 5.29. The predicted molar refractivity (Wildman–Crippen MR) is 155 cm³/mol. The molecule has 3 aliphatic rings. The highest BCUT2D eigenvalue weighted by Gasteiger charge is 2.35. The molecular formula is C30H35N5O7. The molecule has 5 heterocycles. The van der Waals surface area contributed by atoms with E-state index in [0.29, 0.717) is 80.9 Å². The molecular weight excluding hydrogens is 542 g/mol. The number of hydrogen-bond donors (Lipinski definition) is 2. The number of fused-ring (bicyclic) bond motifs is 2. The molecule has 0 radical (unpaired) electrons. The molecule has 2 amide bonds. The first-order valence-electron chi connectivity index (χ1n) is 14.1. The zero-order chi connectivity index (χ0) is 29.6. The van der Waals surface area contributed by atoms with E-state index in [1.54, 1.807) is 11.0 Å². The number of nitrogens with zero attached hydrogens (tertiary/aromatic N) is 3. The number of anilines is 2. The summed E-state index contributed by atoms with van der Waals surface area (Å²) in [5, 5.41) is 3.77. The first-order chi connectivity index (χ1) is 20.0. The van der Waals surface area contributed by atoms with E-state index >= 15 is 0 Å². The quantitative estimate of drug-likeness (QED) is 0.468. The summed E-state index contributed by atoms with van der Waals surface area (Å²) < 4.78 is 22.8. The maximum Gasteiger partial charge on any atom is 0.410 e. The predicted octanol–water partition coefficient (Wildman–Crippen LogP) is 3.35. The average Bonchev–Trinajstić information content (AvgIpc) is 3.37. The molecule has 3 aromatic rings. The van der Waals surface area contributed by atoms with Gasteiger partial charge in [0.15, 0.2) is 0 Å². The number of ether oxygens (including phenoxy) is 4. The maximum absolute atomic E-state index is 13.8. The molecule has 2 saturated heterocycles. The Bertz CT molecular complexity index is 1600. The minimum absolute atomic E-state index is 0.257. The summed E-state index contributed by atoms with van der Waals surface area (Å²) in [6.45, 7) is 11.2. The summed E-state index contributed by atoms with van der Waals surface area (Å²) in [5.74, 6) is 0.701. The van der Waals surface area contributed by atoms with Crippen LogP contribution >= 0.6 is 0 Å². The summed E-state index contributed by atoms with van der Waals surface area (Å²) in [5.41, 5.74) is 3.11. The summed E-state index contributed by atoms with van der Waals surface area (Å²) in [4.78, 5) is 49.8. The molecule has 2 N–H and O–H groups in total. The van der Waals surface area contributed by atoms with Gasteiger partial charge in [0.25, 0.3) is 5.91 Å². The average molecular weight is 578 g/mol. The second-order valence-electron chi connectivity index (χ2n) is 11.9. The van der Waals surface area contributed by atoms with Crippen LogP contribution in [0.4, 0.5) is 16.3 Å². The summed E-state index contributed by atoms with van der Waals surface area (Å²) in [6.07, 6.45) is -0.702. The van der Waals surface area contributed by atoms with Gasteiger partial charge in [-0.05, 0) is 45.4 Å². The second-order valence-corrected chi connectivity index (χ2v) is 11.9. The number of morpholine rings is 1. The Balaban J connectivity index is 1.28. The highest BCUT2D eigenvalue weighted by molar-refractivity contribution is 6.09. The molecule has 3 aliphatic heterocycles. The van der Waals surface area contributed by atoms with E-state index < -0.39 is 11.7 Å². The van der Waals surface area contributed by atoms with Gasteiger partial charge in [0.05, 0.1) is 56.3 Å². The van der Waals surface area contributed by atoms with Crippen LogP contribution in [0.2, 0.25) is 0 Å². The number of benzene rings is 1. The first-order valence-corrected chi connectivity index (χ1v) is 14.1. The van der Waals surface area contributed by atoms with Crippen molar-refractivity contribution in [3.05, 3.63) is 57.0 Å². The number of pyridine rings is 2. The van der Waals surface area contributed by atoms with E-state index in [9.17, 15) is 14.4 Å². The Kier molecular flexibility index (Phi) is 7.27. The van der Waals surface area contributed by atoms with E-state index in [1.165, 1.54) is 6.07 Å². The Labute approximate surface area is 242 Å². The number of aryl methyl sites for hydroxylation is 1. The van der Waals surface area contributed by atoms with Gasteiger partial charge >= 0.3 is 6.09 Å². The zero-order valence-corrected chi connectivity index (χ0v) is 24.2. The Hall–Kier alpha value is -4.16. The highest BCUT2D eigenvalue weighted by Crippen LogP contribution is 2.33. The number of rotatable bonds is 5. The number of hydrogen-bond acceptors (Lipinski definition) is 9. The smallest absolute Gasteiger partial charge is 0.410 e. The normalized spacial score (nSPS) is 17.1. The van der Waals surface area contributed by atoms with Crippen molar-refractivity contribution in [2.24, 2.45) is 0 Å². The monoisotopic (exact) mass is 577 g/mol. The van der Waals surface area contributed by atoms with Crippen LogP contribution < -0.4 is 20.5 Å². The second kappa shape index (κ2) is 10.9. The Morgan fingerprint density at radius 1 is 1.07 bits per heavy atom. The third kappa shape index (κ3) is 5.77. The summed E-state index contributed by atoms with van der Waals surface area (Å²) in [7, 11) is 0. The van der Waals surface area contributed by atoms with E-state index in [1.807, 2.05) is 39.8 Å². The zero-order valence-electron chi connectivity index (χ0n) is 24.2. The van der Waals surface area contributed by atoms with Crippen LogP contribution in [0.3, 0.4) is 0 Å². The molecule has 0 saturated carbocycles. The third-order valence-electron chi connectivity index (χ3n) is 7.40. The van der Waals surface area contributed by atoms with E-state index in [4.69, 9.17) is 23.9 Å². The first kappa shape index (κ1) is 28.0. The number of nitrogens with one attached hydrogen (secondary N) is 2. The summed E-state index contributed by atoms with van der Waals surface area (Å²) in [6, 6.07) is 6.88. The van der Waals surface area contributed by atoms with E-state index in [0.717, 1.165) is 22.2 Å². The molecule has 222 valence electrons. The van der Waals surface area contributed by atoms with Gasteiger partial charge in [-0.1, -0.05) is 0 Å². The molecule has 0 unspecified atom stereocenters. The number of carbonyl (C=O) groups excluding carboxylic acids is 2. The number of likely N-dealkylation sites (tertiary alicyclic amines) is 1. The van der Waals surface area contributed by atoms with Crippen molar-refractivity contribution in [2.45, 2.75) is 52.6 Å². The third-order valence-corrected chi connectivity index (χ3v) is 7.40. The molecule has 0 aliphatic carbocycles. The lowest BCUT2D eigenvalue weighted by Crippen LogP contribution is -2.57. The molecule has 1 aromatic carbocycles. The molecule has 2 fully saturated rings. The van der Waals surface area contributed by atoms with Crippen LogP contribution in [0, 0.1) is 6.92 Å². The lowest BCUT2D eigenvalue weighted by Gasteiger charge is -2.39. The van der Waals surface area contributed by atoms with Gasteiger partial charge in [0.2, 0.25) is 5.56 Å². The van der Waals surface area contributed by atoms with Crippen LogP contribution in [0.5, 0.6) is 5.75 Å². The van der Waals surface area contributed by atoms with Crippen molar-refractivity contribution >= 4 is 34.4 Å². The van der Waals surface area contributed by atoms with Crippen LogP contribution in [0.1, 0.15) is 48.0 Å². The van der Waals surface area contributed by atoms with Gasteiger partial charge < -0.3 is 39.0 Å². The maximum atomic E-state index is 13.8. The number of aromatic nitrogens is 2. The molecule has 12 heteroatoms. The van der Waals surface area contributed by atoms with Gasteiger partial charge in [-0.2, -0.15) is 0 Å².